The maximum atomic E-state index is 13.6. The third-order valence-electron chi connectivity index (χ3n) is 7.08. The maximum Gasteiger partial charge on any atom is 0.320 e. The molecular formula is C31H35N3O6. The molecule has 3 aromatic carbocycles. The molecule has 9 heteroatoms. The van der Waals surface area contributed by atoms with E-state index in [0.717, 1.165) is 21.2 Å². The summed E-state index contributed by atoms with van der Waals surface area (Å²) < 4.78 is 0. The predicted octanol–water partition coefficient (Wildman–Crippen LogP) is 3.30. The van der Waals surface area contributed by atoms with Crippen molar-refractivity contribution in [2.45, 2.75) is 45.3 Å². The molecule has 210 valence electrons. The number of carboxylic acids is 1. The van der Waals surface area contributed by atoms with Gasteiger partial charge in [0.15, 0.2) is 0 Å². The number of aliphatic carboxylic acids is 1. The number of fused-ring (bicyclic) bond motifs is 2. The van der Waals surface area contributed by atoms with Crippen LogP contribution in [0, 0.1) is 5.92 Å². The van der Waals surface area contributed by atoms with Crippen molar-refractivity contribution in [3.8, 4) is 0 Å². The van der Waals surface area contributed by atoms with Gasteiger partial charge in [-0.3, -0.25) is 29.4 Å². The Balaban J connectivity index is 1.49. The highest BCUT2D eigenvalue weighted by Crippen LogP contribution is 2.28. The number of nitrogens with zero attached hydrogens (tertiary/aromatic N) is 2. The molecule has 4 rings (SSSR count). The summed E-state index contributed by atoms with van der Waals surface area (Å²) in [5.41, 5.74) is 1.49. The molecule has 0 saturated heterocycles. The minimum atomic E-state index is -1.18. The van der Waals surface area contributed by atoms with Crippen LogP contribution in [-0.2, 0) is 16.1 Å². The molecule has 0 fully saturated rings. The molecule has 2 unspecified atom stereocenters. The second-order valence-electron chi connectivity index (χ2n) is 10.5. The highest BCUT2D eigenvalue weighted by Gasteiger charge is 2.37. The van der Waals surface area contributed by atoms with Crippen LogP contribution in [0.1, 0.15) is 53.0 Å². The lowest BCUT2D eigenvalue weighted by Crippen LogP contribution is -2.53. The molecule has 0 saturated carbocycles. The van der Waals surface area contributed by atoms with Crippen molar-refractivity contribution in [2.24, 2.45) is 5.92 Å². The largest absolute Gasteiger partial charge is 0.480 e. The summed E-state index contributed by atoms with van der Waals surface area (Å²) in [4.78, 5) is 54.6. The fourth-order valence-electron chi connectivity index (χ4n) is 5.08. The van der Waals surface area contributed by atoms with Crippen molar-refractivity contribution >= 4 is 34.5 Å². The van der Waals surface area contributed by atoms with E-state index in [2.05, 4.69) is 5.32 Å². The highest BCUT2D eigenvalue weighted by molar-refractivity contribution is 6.23. The molecule has 0 radical (unpaired) electrons. The van der Waals surface area contributed by atoms with Gasteiger partial charge in [-0.15, -0.1) is 0 Å². The van der Waals surface area contributed by atoms with Crippen LogP contribution in [0.4, 0.5) is 0 Å². The van der Waals surface area contributed by atoms with Crippen molar-refractivity contribution < 1.29 is 29.4 Å². The van der Waals surface area contributed by atoms with E-state index in [1.165, 1.54) is 4.90 Å². The van der Waals surface area contributed by atoms with Crippen LogP contribution in [0.25, 0.3) is 10.8 Å². The van der Waals surface area contributed by atoms with Gasteiger partial charge in [-0.25, -0.2) is 0 Å². The van der Waals surface area contributed by atoms with Gasteiger partial charge < -0.3 is 15.1 Å². The van der Waals surface area contributed by atoms with Crippen LogP contribution in [0.2, 0.25) is 0 Å². The summed E-state index contributed by atoms with van der Waals surface area (Å²) in [5, 5.41) is 24.3. The summed E-state index contributed by atoms with van der Waals surface area (Å²) in [5.74, 6) is -2.33. The van der Waals surface area contributed by atoms with E-state index in [-0.39, 0.29) is 44.5 Å². The lowest BCUT2D eigenvalue weighted by molar-refractivity contribution is -0.141. The third-order valence-corrected chi connectivity index (χ3v) is 7.08. The van der Waals surface area contributed by atoms with Crippen LogP contribution >= 0.6 is 0 Å². The predicted molar refractivity (Wildman–Crippen MR) is 151 cm³/mol. The molecule has 2 atom stereocenters. The number of imide groups is 1. The van der Waals surface area contributed by atoms with Crippen LogP contribution < -0.4 is 5.32 Å². The zero-order valence-corrected chi connectivity index (χ0v) is 22.7. The van der Waals surface area contributed by atoms with E-state index in [0.29, 0.717) is 17.5 Å². The van der Waals surface area contributed by atoms with Crippen molar-refractivity contribution in [1.29, 1.82) is 0 Å². The van der Waals surface area contributed by atoms with Gasteiger partial charge in [0.1, 0.15) is 6.04 Å². The Morgan fingerprint density at radius 3 is 2.00 bits per heavy atom. The number of amides is 3. The molecule has 0 aliphatic carbocycles. The highest BCUT2D eigenvalue weighted by atomic mass is 16.4. The molecule has 3 N–H and O–H groups in total. The van der Waals surface area contributed by atoms with Gasteiger partial charge in [0.2, 0.25) is 5.91 Å². The van der Waals surface area contributed by atoms with Gasteiger partial charge in [-0.2, -0.15) is 0 Å². The minimum Gasteiger partial charge on any atom is -0.480 e. The smallest absolute Gasteiger partial charge is 0.320 e. The van der Waals surface area contributed by atoms with Crippen LogP contribution in [-0.4, -0.2) is 75.5 Å². The SMILES string of the molecule is CC(C)CC(NC(CCN1C(=O)c2cc3ccccc3cc2C1=O)C(=O)O)C(=O)N(CCO)Cc1ccccc1. The van der Waals surface area contributed by atoms with E-state index in [1.54, 1.807) is 12.1 Å². The Bertz CT molecular complexity index is 1340. The second kappa shape index (κ2) is 12.8. The van der Waals surface area contributed by atoms with E-state index in [9.17, 15) is 29.4 Å². The number of benzene rings is 3. The number of aliphatic hydroxyl groups is 1. The first-order valence-electron chi connectivity index (χ1n) is 13.5. The number of carbonyl (C=O) groups excluding carboxylic acids is 3. The number of nitrogens with one attached hydrogen (secondary N) is 1. The van der Waals surface area contributed by atoms with E-state index in [4.69, 9.17) is 0 Å². The zero-order chi connectivity index (χ0) is 28.8. The first-order valence-corrected chi connectivity index (χ1v) is 13.5. The second-order valence-corrected chi connectivity index (χ2v) is 10.5. The quantitative estimate of drug-likeness (QED) is 0.281. The Morgan fingerprint density at radius 1 is 0.900 bits per heavy atom. The van der Waals surface area contributed by atoms with Crippen LogP contribution in [0.3, 0.4) is 0 Å². The molecule has 1 heterocycles. The summed E-state index contributed by atoms with van der Waals surface area (Å²) >= 11 is 0. The fourth-order valence-corrected chi connectivity index (χ4v) is 5.08. The Morgan fingerprint density at radius 2 is 1.48 bits per heavy atom. The third kappa shape index (κ3) is 6.55. The Kier molecular flexibility index (Phi) is 9.29. The van der Waals surface area contributed by atoms with Crippen molar-refractivity contribution in [1.82, 2.24) is 15.1 Å². The maximum absolute atomic E-state index is 13.6. The molecule has 1 aliphatic rings. The van der Waals surface area contributed by atoms with Gasteiger partial charge in [0, 0.05) is 19.6 Å². The van der Waals surface area contributed by atoms with Gasteiger partial charge >= 0.3 is 5.97 Å². The first kappa shape index (κ1) is 28.9. The minimum absolute atomic E-state index is 0.0686. The first-order chi connectivity index (χ1) is 19.2. The molecule has 0 spiro atoms. The lowest BCUT2D eigenvalue weighted by atomic mass is 10.0. The molecule has 0 bridgehead atoms. The lowest BCUT2D eigenvalue weighted by Gasteiger charge is -2.30. The van der Waals surface area contributed by atoms with Gasteiger partial charge in [-0.05, 0) is 47.2 Å². The van der Waals surface area contributed by atoms with Gasteiger partial charge in [0.05, 0.1) is 23.8 Å². The number of hydrogen-bond acceptors (Lipinski definition) is 6. The molecule has 9 nitrogen and oxygen atoms in total. The molecule has 0 aromatic heterocycles. The van der Waals surface area contributed by atoms with Crippen LogP contribution in [0.5, 0.6) is 0 Å². The average molecular weight is 546 g/mol. The zero-order valence-electron chi connectivity index (χ0n) is 22.7. The fraction of sp³-hybridized carbons (Fsp3) is 0.355. The van der Waals surface area contributed by atoms with Gasteiger partial charge in [-0.1, -0.05) is 68.4 Å². The number of hydrogen-bond donors (Lipinski definition) is 3. The Labute approximate surface area is 233 Å². The standard InChI is InChI=1S/C31H35N3O6/c1-20(2)16-27(30(38)33(14-15-35)19-21-8-4-3-5-9-21)32-26(31(39)40)12-13-34-28(36)24-17-22-10-6-7-11-23(22)18-25(24)29(34)37/h3-11,17-18,20,26-27,32,35H,12-16,19H2,1-2H3,(H,39,40). The topological polar surface area (TPSA) is 127 Å². The molecule has 3 aromatic rings. The van der Waals surface area contributed by atoms with Gasteiger partial charge in [0.25, 0.3) is 11.8 Å². The summed E-state index contributed by atoms with van der Waals surface area (Å²) in [6, 6.07) is 18.2. The van der Waals surface area contributed by atoms with E-state index in [1.807, 2.05) is 68.4 Å². The average Bonchev–Trinajstić information content (AvgIpc) is 3.16. The normalized spacial score (nSPS) is 14.4. The number of carbonyl (C=O) groups is 4. The van der Waals surface area contributed by atoms with Crippen LogP contribution in [0.15, 0.2) is 66.7 Å². The molecule has 40 heavy (non-hydrogen) atoms. The number of rotatable bonds is 13. The van der Waals surface area contributed by atoms with E-state index >= 15 is 0 Å². The van der Waals surface area contributed by atoms with Crippen molar-refractivity contribution in [2.75, 3.05) is 19.7 Å². The molecular weight excluding hydrogens is 510 g/mol. The Hall–Kier alpha value is -4.08. The number of aliphatic hydroxyl groups excluding tert-OH is 1. The van der Waals surface area contributed by atoms with Crippen molar-refractivity contribution in [3.63, 3.8) is 0 Å². The van der Waals surface area contributed by atoms with Crippen molar-refractivity contribution in [3.05, 3.63) is 83.4 Å². The molecule has 1 aliphatic heterocycles. The molecule has 3 amide bonds. The number of carboxylic acid groups (broad SMARTS) is 1. The summed E-state index contributed by atoms with van der Waals surface area (Å²) in [6.07, 6.45) is 0.305. The summed E-state index contributed by atoms with van der Waals surface area (Å²) in [7, 11) is 0. The van der Waals surface area contributed by atoms with E-state index < -0.39 is 29.9 Å². The monoisotopic (exact) mass is 545 g/mol. The summed E-state index contributed by atoms with van der Waals surface area (Å²) in [6.45, 7) is 3.91.